The van der Waals surface area contributed by atoms with E-state index in [1.807, 2.05) is 0 Å². The molecule has 5 atom stereocenters. The molecule has 1 aliphatic heterocycles. The molecule has 3 heteroatoms. The van der Waals surface area contributed by atoms with Gasteiger partial charge >= 0.3 is 5.97 Å². The Labute approximate surface area is 103 Å². The number of fused-ring (bicyclic) bond motifs is 1. The molecule has 2 saturated carbocycles. The molecule has 96 valence electrons. The van der Waals surface area contributed by atoms with Crippen molar-refractivity contribution in [2.45, 2.75) is 63.6 Å². The average Bonchev–Trinajstić information content (AvgIpc) is 2.66. The second-order valence-electron chi connectivity index (χ2n) is 5.97. The lowest BCUT2D eigenvalue weighted by Gasteiger charge is -2.34. The summed E-state index contributed by atoms with van der Waals surface area (Å²) in [7, 11) is 0. The molecule has 1 heterocycles. The molecule has 3 rings (SSSR count). The van der Waals surface area contributed by atoms with Crippen molar-refractivity contribution in [1.29, 1.82) is 0 Å². The normalized spacial score (nSPS) is 46.4. The van der Waals surface area contributed by atoms with Gasteiger partial charge in [-0.2, -0.15) is 0 Å². The highest BCUT2D eigenvalue weighted by atomic mass is 16.6. The van der Waals surface area contributed by atoms with Gasteiger partial charge in [-0.15, -0.1) is 0 Å². The molecule has 1 saturated heterocycles. The number of rotatable bonds is 1. The van der Waals surface area contributed by atoms with E-state index >= 15 is 0 Å². The summed E-state index contributed by atoms with van der Waals surface area (Å²) in [6.07, 6.45) is 8.58. The molecule has 0 bridgehead atoms. The molecule has 0 aromatic heterocycles. The Hall–Kier alpha value is -0.570. The molecule has 3 fully saturated rings. The molecule has 17 heavy (non-hydrogen) atoms. The standard InChI is InChI=1S/C14H22O3/c15-11-7-3-1-5-9(11)13-10-6-2-4-8-12(10)17-14(13)16/h9-13,15H,1-8H2. The van der Waals surface area contributed by atoms with E-state index < -0.39 is 0 Å². The smallest absolute Gasteiger partial charge is 0.310 e. The minimum absolute atomic E-state index is 0.00407. The van der Waals surface area contributed by atoms with Gasteiger partial charge in [0.25, 0.3) is 0 Å². The van der Waals surface area contributed by atoms with Crippen molar-refractivity contribution in [3.8, 4) is 0 Å². The highest BCUT2D eigenvalue weighted by molar-refractivity contribution is 5.75. The quantitative estimate of drug-likeness (QED) is 0.713. The molecular formula is C14H22O3. The van der Waals surface area contributed by atoms with Crippen LogP contribution in [0.15, 0.2) is 0 Å². The second-order valence-corrected chi connectivity index (χ2v) is 5.97. The number of carbonyl (C=O) groups is 1. The van der Waals surface area contributed by atoms with Crippen LogP contribution in [0.1, 0.15) is 51.4 Å². The molecule has 0 radical (unpaired) electrons. The van der Waals surface area contributed by atoms with E-state index in [1.165, 1.54) is 12.8 Å². The molecule has 5 unspecified atom stereocenters. The summed E-state index contributed by atoms with van der Waals surface area (Å²) in [5.74, 6) is 0.543. The van der Waals surface area contributed by atoms with Gasteiger partial charge in [-0.3, -0.25) is 4.79 Å². The molecule has 3 aliphatic rings. The van der Waals surface area contributed by atoms with Crippen molar-refractivity contribution in [2.75, 3.05) is 0 Å². The van der Waals surface area contributed by atoms with Crippen LogP contribution in [0.25, 0.3) is 0 Å². The fourth-order valence-electron chi connectivity index (χ4n) is 4.14. The Morgan fingerprint density at radius 1 is 0.941 bits per heavy atom. The van der Waals surface area contributed by atoms with Crippen molar-refractivity contribution in [3.05, 3.63) is 0 Å². The van der Waals surface area contributed by atoms with Gasteiger partial charge in [0.05, 0.1) is 12.0 Å². The maximum atomic E-state index is 12.1. The van der Waals surface area contributed by atoms with E-state index in [0.717, 1.165) is 38.5 Å². The van der Waals surface area contributed by atoms with Gasteiger partial charge < -0.3 is 9.84 Å². The molecule has 2 aliphatic carbocycles. The van der Waals surface area contributed by atoms with Crippen LogP contribution in [-0.4, -0.2) is 23.3 Å². The van der Waals surface area contributed by atoms with E-state index in [0.29, 0.717) is 5.92 Å². The van der Waals surface area contributed by atoms with Crippen LogP contribution in [0.5, 0.6) is 0 Å². The van der Waals surface area contributed by atoms with E-state index in [1.54, 1.807) is 0 Å². The van der Waals surface area contributed by atoms with Gasteiger partial charge in [0, 0.05) is 5.92 Å². The van der Waals surface area contributed by atoms with Crippen molar-refractivity contribution < 1.29 is 14.6 Å². The lowest BCUT2D eigenvalue weighted by atomic mass is 9.69. The van der Waals surface area contributed by atoms with Gasteiger partial charge in [-0.05, 0) is 38.0 Å². The van der Waals surface area contributed by atoms with Crippen molar-refractivity contribution in [3.63, 3.8) is 0 Å². The lowest BCUT2D eigenvalue weighted by molar-refractivity contribution is -0.147. The highest BCUT2D eigenvalue weighted by Gasteiger charge is 2.50. The minimum Gasteiger partial charge on any atom is -0.462 e. The van der Waals surface area contributed by atoms with Crippen molar-refractivity contribution in [1.82, 2.24) is 0 Å². The van der Waals surface area contributed by atoms with Gasteiger partial charge in [-0.25, -0.2) is 0 Å². The Balaban J connectivity index is 1.78. The largest absolute Gasteiger partial charge is 0.462 e. The first kappa shape index (κ1) is 11.5. The summed E-state index contributed by atoms with van der Waals surface area (Å²) < 4.78 is 5.53. The monoisotopic (exact) mass is 238 g/mol. The van der Waals surface area contributed by atoms with Crippen molar-refractivity contribution >= 4 is 5.97 Å². The zero-order chi connectivity index (χ0) is 11.8. The van der Waals surface area contributed by atoms with Crippen LogP contribution < -0.4 is 0 Å². The number of aliphatic hydroxyl groups is 1. The molecule has 0 aromatic rings. The van der Waals surface area contributed by atoms with Crippen LogP contribution in [-0.2, 0) is 9.53 Å². The van der Waals surface area contributed by atoms with E-state index in [-0.39, 0.29) is 30.0 Å². The van der Waals surface area contributed by atoms with Crippen LogP contribution >= 0.6 is 0 Å². The summed E-state index contributed by atoms with van der Waals surface area (Å²) in [6.45, 7) is 0. The van der Waals surface area contributed by atoms with Gasteiger partial charge in [0.15, 0.2) is 0 Å². The Morgan fingerprint density at radius 2 is 1.59 bits per heavy atom. The third-order valence-corrected chi connectivity index (χ3v) is 5.00. The van der Waals surface area contributed by atoms with Gasteiger partial charge in [0.1, 0.15) is 6.10 Å². The molecule has 1 N–H and O–H groups in total. The van der Waals surface area contributed by atoms with E-state index in [4.69, 9.17) is 4.74 Å². The highest BCUT2D eigenvalue weighted by Crippen LogP contribution is 2.45. The predicted octanol–water partition coefficient (Wildman–Crippen LogP) is 2.27. The number of hydrogen-bond donors (Lipinski definition) is 1. The molecular weight excluding hydrogens is 216 g/mol. The molecule has 3 nitrogen and oxygen atoms in total. The Kier molecular flexibility index (Phi) is 3.12. The summed E-state index contributed by atoms with van der Waals surface area (Å²) in [5, 5.41) is 10.1. The summed E-state index contributed by atoms with van der Waals surface area (Å²) in [5.41, 5.74) is 0. The first-order valence-corrected chi connectivity index (χ1v) is 7.16. The van der Waals surface area contributed by atoms with Gasteiger partial charge in [-0.1, -0.05) is 19.3 Å². The Morgan fingerprint density at radius 3 is 2.35 bits per heavy atom. The number of ether oxygens (including phenoxy) is 1. The molecule has 0 spiro atoms. The summed E-state index contributed by atoms with van der Waals surface area (Å²) >= 11 is 0. The number of aliphatic hydroxyl groups excluding tert-OH is 1. The number of hydrogen-bond acceptors (Lipinski definition) is 3. The average molecular weight is 238 g/mol. The third kappa shape index (κ3) is 1.99. The predicted molar refractivity (Wildman–Crippen MR) is 63.3 cm³/mol. The number of esters is 1. The van der Waals surface area contributed by atoms with Crippen LogP contribution in [0.4, 0.5) is 0 Å². The maximum Gasteiger partial charge on any atom is 0.310 e. The van der Waals surface area contributed by atoms with Crippen molar-refractivity contribution in [2.24, 2.45) is 17.8 Å². The zero-order valence-corrected chi connectivity index (χ0v) is 10.3. The second kappa shape index (κ2) is 4.60. The van der Waals surface area contributed by atoms with E-state index in [2.05, 4.69) is 0 Å². The van der Waals surface area contributed by atoms with Crippen LogP contribution in [0.2, 0.25) is 0 Å². The topological polar surface area (TPSA) is 46.5 Å². The van der Waals surface area contributed by atoms with Crippen LogP contribution in [0, 0.1) is 17.8 Å². The SMILES string of the molecule is O=C1OC2CCCCC2C1C1CCCCC1O. The summed E-state index contributed by atoms with van der Waals surface area (Å²) in [4.78, 5) is 12.1. The molecule has 0 aromatic carbocycles. The summed E-state index contributed by atoms with van der Waals surface area (Å²) in [6, 6.07) is 0. The lowest BCUT2D eigenvalue weighted by Crippen LogP contribution is -2.37. The maximum absolute atomic E-state index is 12.1. The first-order chi connectivity index (χ1) is 8.27. The van der Waals surface area contributed by atoms with Gasteiger partial charge in [0.2, 0.25) is 0 Å². The van der Waals surface area contributed by atoms with Crippen LogP contribution in [0.3, 0.4) is 0 Å². The zero-order valence-electron chi connectivity index (χ0n) is 10.3. The minimum atomic E-state index is -0.276. The fraction of sp³-hybridized carbons (Fsp3) is 0.929. The first-order valence-electron chi connectivity index (χ1n) is 7.16. The fourth-order valence-corrected chi connectivity index (χ4v) is 4.14. The third-order valence-electron chi connectivity index (χ3n) is 5.00. The van der Waals surface area contributed by atoms with E-state index in [9.17, 15) is 9.90 Å². The molecule has 0 amide bonds. The Bertz CT molecular complexity index is 302. The number of carbonyl (C=O) groups excluding carboxylic acids is 1.